The van der Waals surface area contributed by atoms with Crippen LogP contribution in [0.2, 0.25) is 0 Å². The second-order valence-corrected chi connectivity index (χ2v) is 7.50. The number of rotatable bonds is 5. The molecular formula is C18H26N4S. The fourth-order valence-corrected chi connectivity index (χ4v) is 3.53. The maximum atomic E-state index is 4.94. The summed E-state index contributed by atoms with van der Waals surface area (Å²) >= 11 is 1.92. The predicted octanol–water partition coefficient (Wildman–Crippen LogP) is 3.77. The number of hydrogen-bond acceptors (Lipinski definition) is 4. The SMILES string of the molecule is CSCCN1CC=C(c2cc(C)c3cnn(C(C)C)c3n2)CC1. The molecule has 3 heterocycles. The molecule has 0 saturated heterocycles. The lowest BCUT2D eigenvalue weighted by Gasteiger charge is -2.26. The molecule has 0 bridgehead atoms. The zero-order valence-corrected chi connectivity index (χ0v) is 15.4. The van der Waals surface area contributed by atoms with Crippen molar-refractivity contribution in [3.8, 4) is 0 Å². The number of thioether (sulfide) groups is 1. The van der Waals surface area contributed by atoms with E-state index in [2.05, 4.69) is 49.2 Å². The number of fused-ring (bicyclic) bond motifs is 1. The Bertz CT molecular complexity index is 717. The van der Waals surface area contributed by atoms with Crippen LogP contribution in [0.3, 0.4) is 0 Å². The third kappa shape index (κ3) is 3.45. The Balaban J connectivity index is 1.88. The van der Waals surface area contributed by atoms with E-state index in [1.807, 2.05) is 22.6 Å². The van der Waals surface area contributed by atoms with E-state index in [1.54, 1.807) is 0 Å². The average molecular weight is 331 g/mol. The van der Waals surface area contributed by atoms with Gasteiger partial charge in [0.15, 0.2) is 5.65 Å². The quantitative estimate of drug-likeness (QED) is 0.835. The van der Waals surface area contributed by atoms with Gasteiger partial charge >= 0.3 is 0 Å². The monoisotopic (exact) mass is 330 g/mol. The van der Waals surface area contributed by atoms with Gasteiger partial charge in [0.25, 0.3) is 0 Å². The van der Waals surface area contributed by atoms with E-state index in [0.717, 1.165) is 30.9 Å². The molecule has 0 fully saturated rings. The lowest BCUT2D eigenvalue weighted by atomic mass is 10.0. The van der Waals surface area contributed by atoms with Crippen LogP contribution in [-0.4, -0.2) is 51.3 Å². The summed E-state index contributed by atoms with van der Waals surface area (Å²) in [6, 6.07) is 2.55. The van der Waals surface area contributed by atoms with Gasteiger partial charge in [0.1, 0.15) is 0 Å². The summed E-state index contributed by atoms with van der Waals surface area (Å²) in [6.07, 6.45) is 7.56. The van der Waals surface area contributed by atoms with E-state index < -0.39 is 0 Å². The molecule has 124 valence electrons. The molecule has 0 radical (unpaired) electrons. The van der Waals surface area contributed by atoms with Crippen molar-refractivity contribution in [3.05, 3.63) is 29.6 Å². The Kier molecular flexibility index (Phi) is 5.07. The molecule has 23 heavy (non-hydrogen) atoms. The zero-order valence-electron chi connectivity index (χ0n) is 14.5. The van der Waals surface area contributed by atoms with Gasteiger partial charge in [-0.2, -0.15) is 16.9 Å². The van der Waals surface area contributed by atoms with Gasteiger partial charge in [0, 0.05) is 36.8 Å². The molecule has 0 spiro atoms. The number of nitrogens with zero attached hydrogens (tertiary/aromatic N) is 4. The van der Waals surface area contributed by atoms with Crippen molar-refractivity contribution >= 4 is 28.4 Å². The van der Waals surface area contributed by atoms with E-state index in [-0.39, 0.29) is 0 Å². The Hall–Kier alpha value is -1.33. The van der Waals surface area contributed by atoms with Crippen molar-refractivity contribution < 1.29 is 0 Å². The van der Waals surface area contributed by atoms with Gasteiger partial charge in [-0.3, -0.25) is 4.90 Å². The van der Waals surface area contributed by atoms with Gasteiger partial charge in [0.2, 0.25) is 0 Å². The minimum absolute atomic E-state index is 0.331. The molecule has 0 saturated carbocycles. The van der Waals surface area contributed by atoms with E-state index in [0.29, 0.717) is 6.04 Å². The normalized spacial score (nSPS) is 16.3. The van der Waals surface area contributed by atoms with E-state index in [1.165, 1.54) is 28.8 Å². The van der Waals surface area contributed by atoms with Crippen LogP contribution in [0.25, 0.3) is 16.6 Å². The van der Waals surface area contributed by atoms with E-state index in [4.69, 9.17) is 4.98 Å². The number of pyridine rings is 1. The summed E-state index contributed by atoms with van der Waals surface area (Å²) in [5.74, 6) is 1.21. The summed E-state index contributed by atoms with van der Waals surface area (Å²) in [7, 11) is 0. The zero-order chi connectivity index (χ0) is 16.4. The lowest BCUT2D eigenvalue weighted by Crippen LogP contribution is -2.30. The highest BCUT2D eigenvalue weighted by molar-refractivity contribution is 7.98. The summed E-state index contributed by atoms with van der Waals surface area (Å²) in [5.41, 5.74) is 4.79. The molecule has 5 heteroatoms. The number of hydrogen-bond donors (Lipinski definition) is 0. The molecule has 0 amide bonds. The van der Waals surface area contributed by atoms with Crippen LogP contribution in [0.4, 0.5) is 0 Å². The Morgan fingerprint density at radius 3 is 2.83 bits per heavy atom. The minimum Gasteiger partial charge on any atom is -0.299 e. The van der Waals surface area contributed by atoms with Gasteiger partial charge in [-0.15, -0.1) is 0 Å². The lowest BCUT2D eigenvalue weighted by molar-refractivity contribution is 0.321. The number of aryl methyl sites for hydroxylation is 1. The Morgan fingerprint density at radius 1 is 1.35 bits per heavy atom. The minimum atomic E-state index is 0.331. The van der Waals surface area contributed by atoms with Crippen LogP contribution in [0.15, 0.2) is 18.3 Å². The molecule has 0 N–H and O–H groups in total. The highest BCUT2D eigenvalue weighted by Crippen LogP contribution is 2.26. The van der Waals surface area contributed by atoms with Crippen molar-refractivity contribution in [2.24, 2.45) is 0 Å². The smallest absolute Gasteiger partial charge is 0.158 e. The summed E-state index contributed by atoms with van der Waals surface area (Å²) < 4.78 is 2.03. The van der Waals surface area contributed by atoms with Crippen LogP contribution in [0, 0.1) is 6.92 Å². The average Bonchev–Trinajstić information content (AvgIpc) is 2.98. The maximum absolute atomic E-state index is 4.94. The maximum Gasteiger partial charge on any atom is 0.158 e. The summed E-state index contributed by atoms with van der Waals surface area (Å²) in [6.45, 7) is 9.82. The molecule has 2 aromatic heterocycles. The summed E-state index contributed by atoms with van der Waals surface area (Å²) in [4.78, 5) is 7.46. The number of aromatic nitrogens is 3. The van der Waals surface area contributed by atoms with Crippen LogP contribution >= 0.6 is 11.8 Å². The molecule has 3 rings (SSSR count). The first kappa shape index (κ1) is 16.5. The summed E-state index contributed by atoms with van der Waals surface area (Å²) in [5, 5.41) is 5.68. The van der Waals surface area contributed by atoms with Crippen molar-refractivity contribution in [2.75, 3.05) is 31.6 Å². The fourth-order valence-electron chi connectivity index (χ4n) is 3.08. The molecule has 1 aliphatic heterocycles. The van der Waals surface area contributed by atoms with Crippen molar-refractivity contribution in [3.63, 3.8) is 0 Å². The first-order valence-corrected chi connectivity index (χ1v) is 9.75. The Labute approximate surface area is 143 Å². The second-order valence-electron chi connectivity index (χ2n) is 6.52. The molecular weight excluding hydrogens is 304 g/mol. The second kappa shape index (κ2) is 7.05. The van der Waals surface area contributed by atoms with Gasteiger partial charge in [-0.1, -0.05) is 6.08 Å². The van der Waals surface area contributed by atoms with E-state index >= 15 is 0 Å². The third-order valence-electron chi connectivity index (χ3n) is 4.50. The predicted molar refractivity (Wildman–Crippen MR) is 100 cm³/mol. The Morgan fingerprint density at radius 2 is 2.17 bits per heavy atom. The highest BCUT2D eigenvalue weighted by atomic mass is 32.2. The standard InChI is InChI=1S/C18H26N4S/c1-13(2)22-18-16(12-19-22)14(3)11-17(20-18)15-5-7-21(8-6-15)9-10-23-4/h5,11-13H,6-10H2,1-4H3. The van der Waals surface area contributed by atoms with Gasteiger partial charge < -0.3 is 0 Å². The molecule has 0 unspecified atom stereocenters. The molecule has 0 aromatic carbocycles. The van der Waals surface area contributed by atoms with Crippen LogP contribution < -0.4 is 0 Å². The molecule has 1 aliphatic rings. The highest BCUT2D eigenvalue weighted by Gasteiger charge is 2.16. The molecule has 2 aromatic rings. The van der Waals surface area contributed by atoms with Crippen molar-refractivity contribution in [2.45, 2.75) is 33.2 Å². The van der Waals surface area contributed by atoms with Crippen LogP contribution in [0.5, 0.6) is 0 Å². The largest absolute Gasteiger partial charge is 0.299 e. The molecule has 0 atom stereocenters. The fraction of sp³-hybridized carbons (Fsp3) is 0.556. The first-order chi connectivity index (χ1) is 11.1. The topological polar surface area (TPSA) is 34.0 Å². The van der Waals surface area contributed by atoms with Crippen LogP contribution in [0.1, 0.15) is 37.6 Å². The first-order valence-electron chi connectivity index (χ1n) is 8.35. The molecule has 0 aliphatic carbocycles. The van der Waals surface area contributed by atoms with Crippen molar-refractivity contribution in [1.82, 2.24) is 19.7 Å². The molecule has 4 nitrogen and oxygen atoms in total. The van der Waals surface area contributed by atoms with E-state index in [9.17, 15) is 0 Å². The third-order valence-corrected chi connectivity index (χ3v) is 5.09. The van der Waals surface area contributed by atoms with Gasteiger partial charge in [-0.05, 0) is 50.7 Å². The van der Waals surface area contributed by atoms with Crippen LogP contribution in [-0.2, 0) is 0 Å². The van der Waals surface area contributed by atoms with Crippen molar-refractivity contribution in [1.29, 1.82) is 0 Å². The van der Waals surface area contributed by atoms with Gasteiger partial charge in [-0.25, -0.2) is 9.67 Å². The van der Waals surface area contributed by atoms with Gasteiger partial charge in [0.05, 0.1) is 11.9 Å².